The molecule has 1 unspecified atom stereocenters. The number of alkyl carbamates (subject to hydrolysis) is 1. The Bertz CT molecular complexity index is 1450. The molecule has 1 saturated heterocycles. The molecular formula is C32H42N4O5S. The molecule has 226 valence electrons. The summed E-state index contributed by atoms with van der Waals surface area (Å²) < 4.78 is 35.6. The average Bonchev–Trinajstić information content (AvgIpc) is 3.01. The Kier molecular flexibility index (Phi) is 10.8. The third-order valence-electron chi connectivity index (χ3n) is 7.88. The first-order valence-electron chi connectivity index (χ1n) is 14.6. The molecule has 42 heavy (non-hydrogen) atoms. The molecule has 0 saturated carbocycles. The molecule has 2 N–H and O–H groups in total. The summed E-state index contributed by atoms with van der Waals surface area (Å²) in [5.74, 6) is 0.353. The summed E-state index contributed by atoms with van der Waals surface area (Å²) in [6.45, 7) is 3.78. The molecule has 1 atom stereocenters. The summed E-state index contributed by atoms with van der Waals surface area (Å²) in [7, 11) is -0.223. The molecule has 4 rings (SSSR count). The number of nitrogens with zero attached hydrogens (tertiary/aromatic N) is 2. The van der Waals surface area contributed by atoms with Crippen LogP contribution in [0.15, 0.2) is 71.6 Å². The number of nitrogens with one attached hydrogen (secondary N) is 2. The van der Waals surface area contributed by atoms with Crippen molar-refractivity contribution in [1.29, 1.82) is 0 Å². The zero-order valence-electron chi connectivity index (χ0n) is 24.7. The maximum Gasteiger partial charge on any atom is 0.407 e. The first-order chi connectivity index (χ1) is 20.2. The number of ether oxygens (including phenoxy) is 1. The van der Waals surface area contributed by atoms with Gasteiger partial charge in [-0.1, -0.05) is 67.9 Å². The number of hydrogen-bond donors (Lipinski definition) is 2. The summed E-state index contributed by atoms with van der Waals surface area (Å²) in [6, 6.07) is 19.2. The largest absolute Gasteiger partial charge is 0.445 e. The summed E-state index contributed by atoms with van der Waals surface area (Å²) in [5.41, 5.74) is 1.78. The average molecular weight is 595 g/mol. The van der Waals surface area contributed by atoms with Gasteiger partial charge >= 0.3 is 6.09 Å². The minimum Gasteiger partial charge on any atom is -0.445 e. The molecule has 0 spiro atoms. The van der Waals surface area contributed by atoms with Gasteiger partial charge in [0, 0.05) is 50.2 Å². The Balaban J connectivity index is 1.46. The summed E-state index contributed by atoms with van der Waals surface area (Å²) in [4.78, 5) is 29.7. The normalized spacial score (nSPS) is 14.9. The Morgan fingerprint density at radius 3 is 2.36 bits per heavy atom. The van der Waals surface area contributed by atoms with Gasteiger partial charge < -0.3 is 19.9 Å². The van der Waals surface area contributed by atoms with E-state index in [4.69, 9.17) is 4.74 Å². The number of anilines is 1. The molecule has 3 aromatic carbocycles. The maximum absolute atomic E-state index is 13.8. The molecule has 0 aliphatic carbocycles. The van der Waals surface area contributed by atoms with E-state index < -0.39 is 22.2 Å². The van der Waals surface area contributed by atoms with Crippen molar-refractivity contribution in [1.82, 2.24) is 14.9 Å². The van der Waals surface area contributed by atoms with E-state index >= 15 is 0 Å². The first kappa shape index (κ1) is 31.3. The summed E-state index contributed by atoms with van der Waals surface area (Å²) in [6.07, 6.45) is 2.96. The Morgan fingerprint density at radius 2 is 1.67 bits per heavy atom. The van der Waals surface area contributed by atoms with Crippen LogP contribution in [-0.2, 0) is 26.2 Å². The highest BCUT2D eigenvalue weighted by Crippen LogP contribution is 2.30. The number of likely N-dealkylation sites (tertiary alicyclic amines) is 1. The van der Waals surface area contributed by atoms with E-state index in [-0.39, 0.29) is 30.4 Å². The molecule has 0 radical (unpaired) electrons. The lowest BCUT2D eigenvalue weighted by Gasteiger charge is -2.34. The van der Waals surface area contributed by atoms with Crippen LogP contribution in [0.25, 0.3) is 10.8 Å². The third kappa shape index (κ3) is 8.01. The summed E-state index contributed by atoms with van der Waals surface area (Å²) >= 11 is 0. The lowest BCUT2D eigenvalue weighted by Crippen LogP contribution is -2.50. The second kappa shape index (κ2) is 14.5. The van der Waals surface area contributed by atoms with Crippen LogP contribution in [-0.4, -0.2) is 65.1 Å². The van der Waals surface area contributed by atoms with Crippen molar-refractivity contribution in [2.75, 3.05) is 38.6 Å². The molecule has 1 heterocycles. The fourth-order valence-corrected chi connectivity index (χ4v) is 6.87. The van der Waals surface area contributed by atoms with Crippen molar-refractivity contribution in [2.45, 2.75) is 56.6 Å². The maximum atomic E-state index is 13.8. The van der Waals surface area contributed by atoms with E-state index in [0.29, 0.717) is 30.8 Å². The number of fused-ring (bicyclic) bond motifs is 1. The predicted molar refractivity (Wildman–Crippen MR) is 166 cm³/mol. The lowest BCUT2D eigenvalue weighted by atomic mass is 9.94. The van der Waals surface area contributed by atoms with E-state index in [1.54, 1.807) is 23.1 Å². The smallest absolute Gasteiger partial charge is 0.407 e. The highest BCUT2D eigenvalue weighted by Gasteiger charge is 2.32. The van der Waals surface area contributed by atoms with Gasteiger partial charge in [0.05, 0.1) is 4.90 Å². The second-order valence-electron chi connectivity index (χ2n) is 11.0. The minimum atomic E-state index is -4.05. The highest BCUT2D eigenvalue weighted by atomic mass is 32.2. The van der Waals surface area contributed by atoms with Crippen LogP contribution in [0.1, 0.15) is 44.6 Å². The number of carbonyl (C=O) groups is 2. The van der Waals surface area contributed by atoms with Gasteiger partial charge in [0.1, 0.15) is 12.6 Å². The molecule has 1 fully saturated rings. The molecule has 3 aromatic rings. The van der Waals surface area contributed by atoms with Crippen LogP contribution in [0, 0.1) is 5.92 Å². The minimum absolute atomic E-state index is 0.133. The summed E-state index contributed by atoms with van der Waals surface area (Å²) in [5, 5.41) is 4.11. The Hall–Kier alpha value is -3.63. The molecule has 10 heteroatoms. The van der Waals surface area contributed by atoms with Crippen LogP contribution in [0.5, 0.6) is 0 Å². The molecular weight excluding hydrogens is 552 g/mol. The standard InChI is InChI=1S/C32H42N4O5S/c1-4-24-18-21-36(22-19-24)31(37)28(15-10-20-33-32(38)41-23-25-11-6-5-7-12-25)34-42(39,40)30-17-9-13-26-27(30)14-8-16-29(26)35(2)3/h5-9,11-14,16-17,24,28,34H,4,10,15,18-23H2,1-3H3,(H,33,38). The van der Waals surface area contributed by atoms with Crippen LogP contribution in [0.3, 0.4) is 0 Å². The fourth-order valence-electron chi connectivity index (χ4n) is 5.43. The molecule has 0 bridgehead atoms. The number of hydrogen-bond acceptors (Lipinski definition) is 6. The zero-order chi connectivity index (χ0) is 30.1. The van der Waals surface area contributed by atoms with Crippen LogP contribution in [0.2, 0.25) is 0 Å². The quantitative estimate of drug-likeness (QED) is 0.289. The van der Waals surface area contributed by atoms with Gasteiger partial charge in [0.25, 0.3) is 0 Å². The topological polar surface area (TPSA) is 108 Å². The van der Waals surface area contributed by atoms with Gasteiger partial charge in [0.15, 0.2) is 0 Å². The number of sulfonamides is 1. The van der Waals surface area contributed by atoms with Gasteiger partial charge in [0.2, 0.25) is 15.9 Å². The van der Waals surface area contributed by atoms with E-state index in [1.165, 1.54) is 0 Å². The first-order valence-corrected chi connectivity index (χ1v) is 16.1. The van der Waals surface area contributed by atoms with Gasteiger partial charge in [-0.3, -0.25) is 4.79 Å². The molecule has 9 nitrogen and oxygen atoms in total. The van der Waals surface area contributed by atoms with Crippen LogP contribution >= 0.6 is 0 Å². The molecule has 1 aliphatic heterocycles. The zero-order valence-corrected chi connectivity index (χ0v) is 25.5. The van der Waals surface area contributed by atoms with Crippen LogP contribution in [0.4, 0.5) is 10.5 Å². The van der Waals surface area contributed by atoms with Crippen molar-refractivity contribution in [3.05, 3.63) is 72.3 Å². The van der Waals surface area contributed by atoms with E-state index in [1.807, 2.05) is 67.5 Å². The number of amides is 2. The highest BCUT2D eigenvalue weighted by molar-refractivity contribution is 7.89. The van der Waals surface area contributed by atoms with Crippen molar-refractivity contribution in [2.24, 2.45) is 5.92 Å². The molecule has 1 aliphatic rings. The van der Waals surface area contributed by atoms with Gasteiger partial charge in [-0.05, 0) is 49.3 Å². The molecule has 2 amide bonds. The van der Waals surface area contributed by atoms with Gasteiger partial charge in [-0.15, -0.1) is 0 Å². The predicted octanol–water partition coefficient (Wildman–Crippen LogP) is 4.91. The third-order valence-corrected chi connectivity index (χ3v) is 9.41. The van der Waals surface area contributed by atoms with Crippen LogP contribution < -0.4 is 14.9 Å². The SMILES string of the molecule is CCC1CCN(C(=O)C(CCCNC(=O)OCc2ccccc2)NS(=O)(=O)c2cccc3c(N(C)C)cccc23)CC1. The van der Waals surface area contributed by atoms with Crippen molar-refractivity contribution >= 4 is 38.5 Å². The fraction of sp³-hybridized carbons (Fsp3) is 0.438. The Labute approximate surface area is 249 Å². The number of benzene rings is 3. The monoisotopic (exact) mass is 594 g/mol. The second-order valence-corrected chi connectivity index (χ2v) is 12.7. The van der Waals surface area contributed by atoms with E-state index in [9.17, 15) is 18.0 Å². The van der Waals surface area contributed by atoms with E-state index in [0.717, 1.165) is 35.9 Å². The van der Waals surface area contributed by atoms with E-state index in [2.05, 4.69) is 17.0 Å². The van der Waals surface area contributed by atoms with Crippen molar-refractivity contribution < 1.29 is 22.7 Å². The number of rotatable bonds is 12. The number of carbonyl (C=O) groups excluding carboxylic acids is 2. The number of piperidine rings is 1. The van der Waals surface area contributed by atoms with Crippen molar-refractivity contribution in [3.8, 4) is 0 Å². The lowest BCUT2D eigenvalue weighted by molar-refractivity contribution is -0.134. The van der Waals surface area contributed by atoms with Gasteiger partial charge in [-0.25, -0.2) is 13.2 Å². The van der Waals surface area contributed by atoms with Crippen molar-refractivity contribution in [3.63, 3.8) is 0 Å². The molecule has 0 aromatic heterocycles. The Morgan fingerprint density at radius 1 is 0.976 bits per heavy atom. The van der Waals surface area contributed by atoms with Gasteiger partial charge in [-0.2, -0.15) is 4.72 Å².